The standard InChI is InChI=1S/C19H21FN5O2P/c20-14-8-6-13-7-9-15(18(26)23-16(13)10-14)22-19(27)17(25-28)24-21-11-12-4-2-1-3-5-12/h1-6,8,10,15,21H,7,9,11,28H2,(H,22,27)(H,23,26)(H,24,25)/t15-/m0/s1. The predicted octanol–water partition coefficient (Wildman–Crippen LogP) is 1.68. The summed E-state index contributed by atoms with van der Waals surface area (Å²) in [6.45, 7) is 0.453. The van der Waals surface area contributed by atoms with E-state index >= 15 is 0 Å². The predicted molar refractivity (Wildman–Crippen MR) is 109 cm³/mol. The van der Waals surface area contributed by atoms with Crippen LogP contribution in [0.1, 0.15) is 17.5 Å². The number of hydrazone groups is 1. The number of aryl methyl sites for hydroxylation is 1. The maximum absolute atomic E-state index is 13.4. The lowest BCUT2D eigenvalue weighted by Gasteiger charge is -2.16. The van der Waals surface area contributed by atoms with Crippen LogP contribution >= 0.6 is 9.39 Å². The minimum atomic E-state index is -0.749. The summed E-state index contributed by atoms with van der Waals surface area (Å²) < 4.78 is 13.4. The van der Waals surface area contributed by atoms with Gasteiger partial charge in [0.05, 0.1) is 6.54 Å². The molecule has 4 N–H and O–H groups in total. The van der Waals surface area contributed by atoms with Crippen molar-refractivity contribution in [1.82, 2.24) is 15.8 Å². The third kappa shape index (κ3) is 5.04. The van der Waals surface area contributed by atoms with Gasteiger partial charge in [-0.1, -0.05) is 36.4 Å². The average Bonchev–Trinajstić information content (AvgIpc) is 2.84. The van der Waals surface area contributed by atoms with Crippen LogP contribution in [0, 0.1) is 5.82 Å². The number of amides is 2. The van der Waals surface area contributed by atoms with E-state index in [1.54, 1.807) is 6.07 Å². The molecular formula is C19H21FN5O2P. The Balaban J connectivity index is 1.60. The molecule has 2 amide bonds. The summed E-state index contributed by atoms with van der Waals surface area (Å²) in [7, 11) is 2.21. The van der Waals surface area contributed by atoms with Crippen molar-refractivity contribution in [1.29, 1.82) is 0 Å². The Morgan fingerprint density at radius 1 is 1.25 bits per heavy atom. The first-order valence-corrected chi connectivity index (χ1v) is 9.36. The highest BCUT2D eigenvalue weighted by Gasteiger charge is 2.26. The molecule has 0 aliphatic carbocycles. The number of fused-ring (bicyclic) bond motifs is 1. The van der Waals surface area contributed by atoms with E-state index in [0.717, 1.165) is 11.1 Å². The minimum absolute atomic E-state index is 0.0292. The molecular weight excluding hydrogens is 380 g/mol. The van der Waals surface area contributed by atoms with Crippen molar-refractivity contribution in [2.45, 2.75) is 25.4 Å². The van der Waals surface area contributed by atoms with E-state index in [2.05, 4.69) is 35.6 Å². The fourth-order valence-corrected chi connectivity index (χ4v) is 3.05. The van der Waals surface area contributed by atoms with Crippen molar-refractivity contribution in [3.63, 3.8) is 0 Å². The molecule has 1 aliphatic heterocycles. The molecule has 0 saturated heterocycles. The number of rotatable bonds is 4. The summed E-state index contributed by atoms with van der Waals surface area (Å²) in [6, 6.07) is 13.1. The summed E-state index contributed by atoms with van der Waals surface area (Å²) in [5.74, 6) is -1.31. The SMILES string of the molecule is O=C(N[C@H]1CCc2ccc(F)cc2NC1=O)/C(=N/NCc1ccccc1)NP. The third-order valence-corrected chi connectivity index (χ3v) is 4.60. The van der Waals surface area contributed by atoms with Crippen LogP contribution < -0.4 is 21.1 Å². The van der Waals surface area contributed by atoms with E-state index in [1.807, 2.05) is 30.3 Å². The van der Waals surface area contributed by atoms with Crippen molar-refractivity contribution in [2.75, 3.05) is 5.32 Å². The van der Waals surface area contributed by atoms with Crippen LogP contribution in [0.25, 0.3) is 0 Å². The number of amidine groups is 1. The second kappa shape index (κ2) is 9.28. The molecule has 0 fully saturated rings. The second-order valence-electron chi connectivity index (χ2n) is 6.28. The van der Waals surface area contributed by atoms with Crippen LogP contribution in [-0.4, -0.2) is 23.7 Å². The number of hydrogen-bond donors (Lipinski definition) is 4. The molecule has 2 atom stereocenters. The van der Waals surface area contributed by atoms with Crippen LogP contribution in [0.4, 0.5) is 10.1 Å². The molecule has 0 radical (unpaired) electrons. The van der Waals surface area contributed by atoms with Gasteiger partial charge in [0.2, 0.25) is 11.7 Å². The zero-order valence-corrected chi connectivity index (χ0v) is 16.2. The topological polar surface area (TPSA) is 94.6 Å². The Morgan fingerprint density at radius 2 is 2.04 bits per heavy atom. The van der Waals surface area contributed by atoms with Crippen molar-refractivity contribution in [3.05, 3.63) is 65.5 Å². The first-order chi connectivity index (χ1) is 13.6. The number of carbonyl (C=O) groups excluding carboxylic acids is 2. The quantitative estimate of drug-likeness (QED) is 0.271. The van der Waals surface area contributed by atoms with Gasteiger partial charge in [-0.05, 0) is 45.5 Å². The first kappa shape index (κ1) is 19.8. The molecule has 7 nitrogen and oxygen atoms in total. The molecule has 1 aliphatic rings. The van der Waals surface area contributed by atoms with Crippen LogP contribution in [-0.2, 0) is 22.6 Å². The van der Waals surface area contributed by atoms with Gasteiger partial charge in [0.1, 0.15) is 11.9 Å². The molecule has 2 aromatic rings. The number of nitrogens with zero attached hydrogens (tertiary/aromatic N) is 1. The Bertz CT molecular complexity index is 891. The van der Waals surface area contributed by atoms with E-state index in [0.29, 0.717) is 25.1 Å². The molecule has 28 heavy (non-hydrogen) atoms. The van der Waals surface area contributed by atoms with E-state index in [-0.39, 0.29) is 5.84 Å². The maximum Gasteiger partial charge on any atom is 0.289 e. The lowest BCUT2D eigenvalue weighted by Crippen LogP contribution is -2.48. The highest BCUT2D eigenvalue weighted by Crippen LogP contribution is 2.23. The van der Waals surface area contributed by atoms with Crippen LogP contribution in [0.15, 0.2) is 53.6 Å². The van der Waals surface area contributed by atoms with Gasteiger partial charge in [0, 0.05) is 5.69 Å². The van der Waals surface area contributed by atoms with Gasteiger partial charge >= 0.3 is 0 Å². The molecule has 146 valence electrons. The molecule has 0 saturated carbocycles. The second-order valence-corrected chi connectivity index (χ2v) is 6.57. The van der Waals surface area contributed by atoms with E-state index in [4.69, 9.17) is 0 Å². The van der Waals surface area contributed by atoms with Gasteiger partial charge in [0.15, 0.2) is 0 Å². The lowest BCUT2D eigenvalue weighted by molar-refractivity contribution is -0.123. The fraction of sp³-hybridized carbons (Fsp3) is 0.211. The highest BCUT2D eigenvalue weighted by molar-refractivity contribution is 7.15. The average molecular weight is 401 g/mol. The number of anilines is 1. The van der Waals surface area contributed by atoms with Crippen molar-refractivity contribution in [3.8, 4) is 0 Å². The summed E-state index contributed by atoms with van der Waals surface area (Å²) in [5, 5.41) is 12.0. The number of hydrogen-bond acceptors (Lipinski definition) is 4. The minimum Gasteiger partial charge on any atom is -0.349 e. The van der Waals surface area contributed by atoms with E-state index in [9.17, 15) is 14.0 Å². The maximum atomic E-state index is 13.4. The summed E-state index contributed by atoms with van der Waals surface area (Å²) in [6.07, 6.45) is 0.935. The normalized spacial score (nSPS) is 16.4. The molecule has 3 rings (SSSR count). The van der Waals surface area contributed by atoms with E-state index in [1.165, 1.54) is 12.1 Å². The zero-order chi connectivity index (χ0) is 19.9. The molecule has 0 spiro atoms. The molecule has 1 heterocycles. The Morgan fingerprint density at radius 3 is 2.79 bits per heavy atom. The summed E-state index contributed by atoms with van der Waals surface area (Å²) >= 11 is 0. The zero-order valence-electron chi connectivity index (χ0n) is 15.0. The lowest BCUT2D eigenvalue weighted by atomic mass is 10.1. The van der Waals surface area contributed by atoms with Crippen LogP contribution in [0.5, 0.6) is 0 Å². The Labute approximate surface area is 164 Å². The van der Waals surface area contributed by atoms with Gasteiger partial charge in [-0.15, -0.1) is 0 Å². The summed E-state index contributed by atoms with van der Waals surface area (Å²) in [4.78, 5) is 24.9. The molecule has 0 bridgehead atoms. The highest BCUT2D eigenvalue weighted by atomic mass is 31.0. The van der Waals surface area contributed by atoms with Crippen molar-refractivity contribution in [2.24, 2.45) is 5.10 Å². The number of halogens is 1. The number of carbonyl (C=O) groups is 2. The monoisotopic (exact) mass is 401 g/mol. The van der Waals surface area contributed by atoms with Gasteiger partial charge in [-0.25, -0.2) is 4.39 Å². The molecule has 0 aromatic heterocycles. The van der Waals surface area contributed by atoms with Gasteiger partial charge in [0.25, 0.3) is 5.91 Å². The number of benzene rings is 2. The van der Waals surface area contributed by atoms with Gasteiger partial charge in [-0.3, -0.25) is 9.59 Å². The van der Waals surface area contributed by atoms with E-state index < -0.39 is 23.7 Å². The largest absolute Gasteiger partial charge is 0.349 e. The third-order valence-electron chi connectivity index (χ3n) is 4.32. The first-order valence-electron chi connectivity index (χ1n) is 8.78. The van der Waals surface area contributed by atoms with Crippen molar-refractivity contribution < 1.29 is 14.0 Å². The Kier molecular flexibility index (Phi) is 6.55. The molecule has 1 unspecified atom stereocenters. The summed E-state index contributed by atoms with van der Waals surface area (Å²) in [5.41, 5.74) is 5.10. The fourth-order valence-electron chi connectivity index (χ4n) is 2.85. The van der Waals surface area contributed by atoms with Crippen LogP contribution in [0.3, 0.4) is 0 Å². The number of nitrogens with one attached hydrogen (secondary N) is 4. The van der Waals surface area contributed by atoms with Gasteiger partial charge < -0.3 is 21.1 Å². The van der Waals surface area contributed by atoms with Gasteiger partial charge in [-0.2, -0.15) is 5.10 Å². The van der Waals surface area contributed by atoms with Crippen molar-refractivity contribution >= 4 is 32.7 Å². The smallest absolute Gasteiger partial charge is 0.289 e. The van der Waals surface area contributed by atoms with Crippen LogP contribution in [0.2, 0.25) is 0 Å². The molecule has 9 heteroatoms. The molecule has 2 aromatic carbocycles. The Hall–Kier alpha value is -2.99.